The average Bonchev–Trinajstić information content (AvgIpc) is 3.19. The second kappa shape index (κ2) is 12.2. The Balaban J connectivity index is 0.000000349. The first kappa shape index (κ1) is 26.6. The molecule has 1 spiro atoms. The molecular formula is C27H30N2O7S. The number of likely N-dealkylation sites (tertiary alicyclic amines) is 1. The van der Waals surface area contributed by atoms with Gasteiger partial charge in [0.2, 0.25) is 5.91 Å². The topological polar surface area (TPSA) is 117 Å². The molecule has 196 valence electrons. The van der Waals surface area contributed by atoms with E-state index in [0.717, 1.165) is 44.0 Å². The Morgan fingerprint density at radius 2 is 1.59 bits per heavy atom. The minimum atomic E-state index is -1.26. The van der Waals surface area contributed by atoms with Crippen LogP contribution in [-0.2, 0) is 20.9 Å². The molecule has 9 nitrogen and oxygen atoms in total. The molecular weight excluding hydrogens is 496 g/mol. The molecule has 10 heteroatoms. The van der Waals surface area contributed by atoms with Crippen LogP contribution in [0.4, 0.5) is 0 Å². The van der Waals surface area contributed by atoms with Gasteiger partial charge in [0.05, 0.1) is 10.6 Å². The van der Waals surface area contributed by atoms with Crippen molar-refractivity contribution in [3.05, 3.63) is 72.3 Å². The van der Waals surface area contributed by atoms with Gasteiger partial charge in [-0.1, -0.05) is 42.5 Å². The first-order chi connectivity index (χ1) is 17.8. The molecule has 3 heterocycles. The minimum absolute atomic E-state index is 0.0530. The molecule has 2 fully saturated rings. The van der Waals surface area contributed by atoms with E-state index in [1.807, 2.05) is 54.2 Å². The number of fused-ring (bicyclic) bond motifs is 1. The molecule has 0 aliphatic carbocycles. The van der Waals surface area contributed by atoms with E-state index in [2.05, 4.69) is 21.9 Å². The van der Waals surface area contributed by atoms with Crippen molar-refractivity contribution in [3.8, 4) is 11.5 Å². The summed E-state index contributed by atoms with van der Waals surface area (Å²) in [4.78, 5) is 36.3. The highest BCUT2D eigenvalue weighted by Gasteiger charge is 2.47. The van der Waals surface area contributed by atoms with Crippen LogP contribution in [0, 0.1) is 0 Å². The monoisotopic (exact) mass is 526 g/mol. The van der Waals surface area contributed by atoms with E-state index >= 15 is 0 Å². The summed E-state index contributed by atoms with van der Waals surface area (Å²) >= 11 is 1.83. The standard InChI is InChI=1S/C23H26N2O3S.C4H4O4/c26-22-17-29-23(25(22)14-18-6-2-1-3-7-18)10-12-24(13-11-23)15-19-16-27-20-8-4-5-9-21(20)28-19;5-3(6)1-2-4(7)8/h1-9,19H,10-17H2;1-2H,(H,5,6)(H,7,8)/b;2-1+. The molecule has 37 heavy (non-hydrogen) atoms. The molecule has 0 aromatic heterocycles. The highest BCUT2D eigenvalue weighted by Crippen LogP contribution is 2.45. The molecule has 1 unspecified atom stereocenters. The number of rotatable bonds is 6. The summed E-state index contributed by atoms with van der Waals surface area (Å²) in [6, 6.07) is 18.2. The number of aliphatic carboxylic acids is 2. The van der Waals surface area contributed by atoms with Crippen LogP contribution in [0.25, 0.3) is 0 Å². The number of amides is 1. The van der Waals surface area contributed by atoms with Crippen LogP contribution in [0.5, 0.6) is 11.5 Å². The Hall–Kier alpha value is -3.50. The van der Waals surface area contributed by atoms with E-state index in [-0.39, 0.29) is 16.9 Å². The predicted octanol–water partition coefficient (Wildman–Crippen LogP) is 3.11. The third-order valence-corrected chi connectivity index (χ3v) is 8.03. The van der Waals surface area contributed by atoms with Crippen molar-refractivity contribution in [1.29, 1.82) is 0 Å². The van der Waals surface area contributed by atoms with Crippen LogP contribution >= 0.6 is 11.8 Å². The maximum Gasteiger partial charge on any atom is 0.328 e. The number of benzene rings is 2. The molecule has 3 aliphatic rings. The van der Waals surface area contributed by atoms with Gasteiger partial charge in [0, 0.05) is 38.3 Å². The number of piperidine rings is 1. The van der Waals surface area contributed by atoms with Crippen molar-refractivity contribution < 1.29 is 34.1 Å². The van der Waals surface area contributed by atoms with E-state index in [1.165, 1.54) is 5.56 Å². The largest absolute Gasteiger partial charge is 0.486 e. The lowest BCUT2D eigenvalue weighted by atomic mass is 10.0. The van der Waals surface area contributed by atoms with Gasteiger partial charge >= 0.3 is 11.9 Å². The number of nitrogens with zero attached hydrogens (tertiary/aromatic N) is 2. The molecule has 2 saturated heterocycles. The number of carboxylic acids is 2. The van der Waals surface area contributed by atoms with Gasteiger partial charge in [-0.15, -0.1) is 11.8 Å². The molecule has 0 bridgehead atoms. The zero-order valence-electron chi connectivity index (χ0n) is 20.3. The molecule has 1 amide bonds. The summed E-state index contributed by atoms with van der Waals surface area (Å²) in [6.07, 6.45) is 3.17. The van der Waals surface area contributed by atoms with Crippen LogP contribution in [0.2, 0.25) is 0 Å². The zero-order valence-corrected chi connectivity index (χ0v) is 21.1. The first-order valence-electron chi connectivity index (χ1n) is 12.1. The minimum Gasteiger partial charge on any atom is -0.486 e. The summed E-state index contributed by atoms with van der Waals surface area (Å²) < 4.78 is 12.0. The highest BCUT2D eigenvalue weighted by atomic mass is 32.2. The van der Waals surface area contributed by atoms with Crippen molar-refractivity contribution in [2.24, 2.45) is 0 Å². The number of para-hydroxylation sites is 2. The molecule has 2 N–H and O–H groups in total. The lowest BCUT2D eigenvalue weighted by Crippen LogP contribution is -2.53. The van der Waals surface area contributed by atoms with E-state index in [4.69, 9.17) is 19.7 Å². The predicted molar refractivity (Wildman–Crippen MR) is 139 cm³/mol. The van der Waals surface area contributed by atoms with Gasteiger partial charge in [0.25, 0.3) is 0 Å². The van der Waals surface area contributed by atoms with Crippen molar-refractivity contribution >= 4 is 29.6 Å². The lowest BCUT2D eigenvalue weighted by Gasteiger charge is -2.44. The van der Waals surface area contributed by atoms with E-state index in [0.29, 0.717) is 31.1 Å². The number of carbonyl (C=O) groups is 3. The van der Waals surface area contributed by atoms with Gasteiger partial charge in [-0.05, 0) is 30.5 Å². The van der Waals surface area contributed by atoms with E-state index in [1.54, 1.807) is 0 Å². The van der Waals surface area contributed by atoms with Gasteiger partial charge in [0.15, 0.2) is 11.5 Å². The third kappa shape index (κ3) is 7.05. The Labute approximate surface area is 219 Å². The number of hydrogen-bond acceptors (Lipinski definition) is 7. The van der Waals surface area contributed by atoms with E-state index in [9.17, 15) is 14.4 Å². The average molecular weight is 527 g/mol. The number of carbonyl (C=O) groups excluding carboxylic acids is 1. The Morgan fingerprint density at radius 3 is 2.24 bits per heavy atom. The van der Waals surface area contributed by atoms with E-state index < -0.39 is 11.9 Å². The molecule has 2 aromatic carbocycles. The number of thioether (sulfide) groups is 1. The second-order valence-electron chi connectivity index (χ2n) is 9.01. The van der Waals surface area contributed by atoms with Crippen LogP contribution in [0.3, 0.4) is 0 Å². The maximum absolute atomic E-state index is 12.6. The Kier molecular flexibility index (Phi) is 8.73. The molecule has 2 aromatic rings. The van der Waals surface area contributed by atoms with Crippen molar-refractivity contribution in [2.75, 3.05) is 32.0 Å². The Morgan fingerprint density at radius 1 is 0.973 bits per heavy atom. The fourth-order valence-corrected chi connectivity index (χ4v) is 6.00. The van der Waals surface area contributed by atoms with Crippen molar-refractivity contribution in [1.82, 2.24) is 9.80 Å². The van der Waals surface area contributed by atoms with Crippen LogP contribution < -0.4 is 9.47 Å². The van der Waals surface area contributed by atoms with Gasteiger partial charge in [0.1, 0.15) is 12.7 Å². The quantitative estimate of drug-likeness (QED) is 0.548. The van der Waals surface area contributed by atoms with Crippen molar-refractivity contribution in [2.45, 2.75) is 30.4 Å². The van der Waals surface area contributed by atoms with Gasteiger partial charge in [-0.25, -0.2) is 9.59 Å². The third-order valence-electron chi connectivity index (χ3n) is 6.48. The second-order valence-corrected chi connectivity index (χ2v) is 10.3. The maximum atomic E-state index is 12.6. The lowest BCUT2D eigenvalue weighted by molar-refractivity contribution is -0.134. The summed E-state index contributed by atoms with van der Waals surface area (Å²) in [5.41, 5.74) is 1.21. The SMILES string of the molecule is O=C(O)/C=C/C(=O)O.O=C1CSC2(CCN(CC3COc4ccccc4O3)CC2)N1Cc1ccccc1. The summed E-state index contributed by atoms with van der Waals surface area (Å²) in [5.74, 6) is 0.0260. The summed E-state index contributed by atoms with van der Waals surface area (Å²) in [6.45, 7) is 4.12. The number of carboxylic acid groups (broad SMARTS) is 2. The molecule has 1 atom stereocenters. The molecule has 0 saturated carbocycles. The number of ether oxygens (including phenoxy) is 2. The van der Waals surface area contributed by atoms with Crippen molar-refractivity contribution in [3.63, 3.8) is 0 Å². The van der Waals surface area contributed by atoms with Crippen LogP contribution in [-0.4, -0.2) is 80.8 Å². The van der Waals surface area contributed by atoms with Crippen LogP contribution in [0.15, 0.2) is 66.7 Å². The molecule has 0 radical (unpaired) electrons. The molecule has 5 rings (SSSR count). The summed E-state index contributed by atoms with van der Waals surface area (Å²) in [5, 5.41) is 15.6. The summed E-state index contributed by atoms with van der Waals surface area (Å²) in [7, 11) is 0. The fraction of sp³-hybridized carbons (Fsp3) is 0.370. The number of hydrogen-bond donors (Lipinski definition) is 2. The van der Waals surface area contributed by atoms with Gasteiger partial charge in [-0.2, -0.15) is 0 Å². The normalized spacial score (nSPS) is 20.5. The highest BCUT2D eigenvalue weighted by molar-refractivity contribution is 8.01. The fourth-order valence-electron chi connectivity index (χ4n) is 4.66. The van der Waals surface area contributed by atoms with Crippen LogP contribution in [0.1, 0.15) is 18.4 Å². The Bertz CT molecular complexity index is 1120. The van der Waals surface area contributed by atoms with Gasteiger partial charge in [-0.3, -0.25) is 9.69 Å². The smallest absolute Gasteiger partial charge is 0.328 e. The molecule has 3 aliphatic heterocycles. The van der Waals surface area contributed by atoms with Gasteiger partial charge < -0.3 is 24.6 Å². The zero-order chi connectivity index (χ0) is 26.3. The first-order valence-corrected chi connectivity index (χ1v) is 13.1.